The van der Waals surface area contributed by atoms with Crippen LogP contribution in [-0.2, 0) is 4.74 Å². The first-order valence-corrected chi connectivity index (χ1v) is 5.37. The molecule has 1 aliphatic heterocycles. The Kier molecular flexibility index (Phi) is 2.37. The summed E-state index contributed by atoms with van der Waals surface area (Å²) >= 11 is 0. The first-order chi connectivity index (χ1) is 8.29. The van der Waals surface area contributed by atoms with Gasteiger partial charge in [-0.2, -0.15) is 4.68 Å². The lowest BCUT2D eigenvalue weighted by Gasteiger charge is -2.11. The van der Waals surface area contributed by atoms with Gasteiger partial charge in [0.1, 0.15) is 6.33 Å². The van der Waals surface area contributed by atoms with Gasteiger partial charge in [0, 0.05) is 0 Å². The van der Waals surface area contributed by atoms with E-state index < -0.39 is 0 Å². The van der Waals surface area contributed by atoms with Crippen molar-refractivity contribution in [3.63, 3.8) is 0 Å². The second-order valence-electron chi connectivity index (χ2n) is 3.94. The fraction of sp³-hybridized carbons (Fsp3) is 0.556. The molecule has 0 aliphatic carbocycles. The van der Waals surface area contributed by atoms with Crippen molar-refractivity contribution < 1.29 is 9.84 Å². The van der Waals surface area contributed by atoms with Crippen LogP contribution in [0, 0.1) is 0 Å². The van der Waals surface area contributed by atoms with E-state index in [1.807, 2.05) is 0 Å². The molecule has 17 heavy (non-hydrogen) atoms. The largest absolute Gasteiger partial charge is 0.394 e. The Morgan fingerprint density at radius 3 is 3.12 bits per heavy atom. The number of rotatable bonds is 2. The van der Waals surface area contributed by atoms with Gasteiger partial charge in [0.05, 0.1) is 12.7 Å². The summed E-state index contributed by atoms with van der Waals surface area (Å²) in [6.07, 6.45) is 2.55. The molecule has 0 aromatic carbocycles. The molecule has 8 nitrogen and oxygen atoms in total. The molecular formula is C9H12N6O2. The molecule has 0 bridgehead atoms. The minimum absolute atomic E-state index is 0.0141. The van der Waals surface area contributed by atoms with Gasteiger partial charge in [-0.3, -0.25) is 0 Å². The van der Waals surface area contributed by atoms with Crippen molar-refractivity contribution >= 4 is 17.0 Å². The van der Waals surface area contributed by atoms with Crippen LogP contribution in [0.15, 0.2) is 6.33 Å². The third-order valence-corrected chi connectivity index (χ3v) is 2.85. The molecule has 3 rings (SSSR count). The van der Waals surface area contributed by atoms with E-state index in [1.54, 1.807) is 4.68 Å². The van der Waals surface area contributed by atoms with Gasteiger partial charge in [-0.05, 0) is 12.8 Å². The molecule has 8 heteroatoms. The zero-order chi connectivity index (χ0) is 11.8. The Morgan fingerprint density at radius 2 is 2.35 bits per heavy atom. The van der Waals surface area contributed by atoms with E-state index in [0.29, 0.717) is 17.0 Å². The normalized spacial score (nSPS) is 24.5. The molecule has 90 valence electrons. The second-order valence-corrected chi connectivity index (χ2v) is 3.94. The van der Waals surface area contributed by atoms with Crippen molar-refractivity contribution in [3.8, 4) is 0 Å². The maximum atomic E-state index is 9.02. The van der Waals surface area contributed by atoms with Gasteiger partial charge < -0.3 is 15.6 Å². The van der Waals surface area contributed by atoms with Crippen LogP contribution in [0.1, 0.15) is 19.1 Å². The van der Waals surface area contributed by atoms with E-state index in [4.69, 9.17) is 15.6 Å². The second kappa shape index (κ2) is 3.90. The van der Waals surface area contributed by atoms with Gasteiger partial charge in [-0.1, -0.05) is 5.21 Å². The van der Waals surface area contributed by atoms with Crippen LogP contribution in [0.25, 0.3) is 11.2 Å². The number of nitrogens with zero attached hydrogens (tertiary/aromatic N) is 5. The third kappa shape index (κ3) is 1.61. The number of fused-ring (bicyclic) bond motifs is 1. The van der Waals surface area contributed by atoms with Crippen LogP contribution < -0.4 is 5.73 Å². The van der Waals surface area contributed by atoms with Gasteiger partial charge in [-0.15, -0.1) is 5.10 Å². The Labute approximate surface area is 96.4 Å². The van der Waals surface area contributed by atoms with E-state index in [9.17, 15) is 0 Å². The Hall–Kier alpha value is -1.80. The lowest BCUT2D eigenvalue weighted by atomic mass is 10.2. The molecule has 3 heterocycles. The third-order valence-electron chi connectivity index (χ3n) is 2.85. The van der Waals surface area contributed by atoms with Crippen LogP contribution in [0.2, 0.25) is 0 Å². The number of hydrogen-bond donors (Lipinski definition) is 2. The number of nitrogens with two attached hydrogens (primary N) is 1. The average Bonchev–Trinajstić information content (AvgIpc) is 2.94. The molecule has 0 amide bonds. The molecule has 2 aromatic rings. The quantitative estimate of drug-likeness (QED) is 0.720. The molecule has 3 N–H and O–H groups in total. The first kappa shape index (κ1) is 10.4. The number of aliphatic hydroxyl groups is 1. The van der Waals surface area contributed by atoms with Gasteiger partial charge in [0.25, 0.3) is 0 Å². The van der Waals surface area contributed by atoms with Gasteiger partial charge >= 0.3 is 0 Å². The minimum atomic E-state index is -0.244. The van der Waals surface area contributed by atoms with Crippen molar-refractivity contribution in [1.29, 1.82) is 0 Å². The summed E-state index contributed by atoms with van der Waals surface area (Å²) in [5, 5.41) is 16.9. The van der Waals surface area contributed by atoms with Gasteiger partial charge in [0.15, 0.2) is 23.2 Å². The molecule has 1 saturated heterocycles. The molecule has 1 fully saturated rings. The number of anilines is 1. The number of nitrogen functional groups attached to an aromatic ring is 1. The highest BCUT2D eigenvalue weighted by atomic mass is 16.5. The molecule has 0 unspecified atom stereocenters. The highest BCUT2D eigenvalue weighted by Gasteiger charge is 2.28. The highest BCUT2D eigenvalue weighted by Crippen LogP contribution is 2.29. The fourth-order valence-electron chi connectivity index (χ4n) is 1.98. The number of hydrogen-bond acceptors (Lipinski definition) is 7. The molecular weight excluding hydrogens is 224 g/mol. The molecule has 0 saturated carbocycles. The van der Waals surface area contributed by atoms with Crippen molar-refractivity contribution in [1.82, 2.24) is 25.0 Å². The van der Waals surface area contributed by atoms with Crippen molar-refractivity contribution in [2.75, 3.05) is 12.3 Å². The SMILES string of the molecule is Nc1ncnc2c1nnn2[C@H]1CC[C@@H](CO)O1. The molecule has 0 radical (unpaired) electrons. The van der Waals surface area contributed by atoms with Gasteiger partial charge in [0.2, 0.25) is 0 Å². The summed E-state index contributed by atoms with van der Waals surface area (Å²) in [6, 6.07) is 0. The van der Waals surface area contributed by atoms with Crippen molar-refractivity contribution in [2.45, 2.75) is 25.2 Å². The van der Waals surface area contributed by atoms with Crippen LogP contribution >= 0.6 is 0 Å². The van der Waals surface area contributed by atoms with E-state index in [-0.39, 0.29) is 18.9 Å². The number of ether oxygens (including phenoxy) is 1. The van der Waals surface area contributed by atoms with Crippen molar-refractivity contribution in [2.24, 2.45) is 0 Å². The maximum Gasteiger partial charge on any atom is 0.186 e. The Morgan fingerprint density at radius 1 is 1.47 bits per heavy atom. The summed E-state index contributed by atoms with van der Waals surface area (Å²) in [6.45, 7) is 0.0141. The summed E-state index contributed by atoms with van der Waals surface area (Å²) in [7, 11) is 0. The molecule has 2 aromatic heterocycles. The van der Waals surface area contributed by atoms with Gasteiger partial charge in [-0.25, -0.2) is 9.97 Å². The molecule has 1 aliphatic rings. The topological polar surface area (TPSA) is 112 Å². The maximum absolute atomic E-state index is 9.02. The highest BCUT2D eigenvalue weighted by molar-refractivity contribution is 5.80. The van der Waals surface area contributed by atoms with E-state index in [2.05, 4.69) is 20.3 Å². The van der Waals surface area contributed by atoms with Crippen LogP contribution in [0.3, 0.4) is 0 Å². The monoisotopic (exact) mass is 236 g/mol. The van der Waals surface area contributed by atoms with Crippen LogP contribution in [0.4, 0.5) is 5.82 Å². The van der Waals surface area contributed by atoms with E-state index >= 15 is 0 Å². The van der Waals surface area contributed by atoms with Crippen LogP contribution in [0.5, 0.6) is 0 Å². The zero-order valence-electron chi connectivity index (χ0n) is 9.02. The molecule has 0 spiro atoms. The summed E-state index contributed by atoms with van der Waals surface area (Å²) < 4.78 is 7.20. The minimum Gasteiger partial charge on any atom is -0.394 e. The molecule has 2 atom stereocenters. The fourth-order valence-corrected chi connectivity index (χ4v) is 1.98. The smallest absolute Gasteiger partial charge is 0.186 e. The standard InChI is InChI=1S/C9H12N6O2/c10-8-7-9(12-4-11-8)15(14-13-7)6-2-1-5(3-16)17-6/h4-6,16H,1-3H2,(H2,10,11,12)/t5-,6+/m0/s1. The van der Waals surface area contributed by atoms with Crippen LogP contribution in [-0.4, -0.2) is 42.8 Å². The zero-order valence-corrected chi connectivity index (χ0v) is 9.02. The first-order valence-electron chi connectivity index (χ1n) is 5.37. The number of aliphatic hydroxyl groups excluding tert-OH is 1. The lowest BCUT2D eigenvalue weighted by molar-refractivity contribution is -0.0271. The summed E-state index contributed by atoms with van der Waals surface area (Å²) in [5.74, 6) is 0.304. The summed E-state index contributed by atoms with van der Waals surface area (Å²) in [4.78, 5) is 7.95. The predicted octanol–water partition coefficient (Wildman–Crippen LogP) is -0.527. The lowest BCUT2D eigenvalue weighted by Crippen LogP contribution is -2.15. The van der Waals surface area contributed by atoms with E-state index in [1.165, 1.54) is 6.33 Å². The van der Waals surface area contributed by atoms with Crippen molar-refractivity contribution in [3.05, 3.63) is 6.33 Å². The number of aromatic nitrogens is 5. The Bertz CT molecular complexity index is 541. The Balaban J connectivity index is 1.99. The van der Waals surface area contributed by atoms with E-state index in [0.717, 1.165) is 12.8 Å². The average molecular weight is 236 g/mol. The summed E-state index contributed by atoms with van der Waals surface area (Å²) in [5.41, 5.74) is 6.71. The predicted molar refractivity (Wildman–Crippen MR) is 57.8 cm³/mol.